The topological polar surface area (TPSA) is 55.9 Å². The Kier molecular flexibility index (Phi) is 4.38. The van der Waals surface area contributed by atoms with Crippen LogP contribution < -0.4 is 5.32 Å². The Hall–Kier alpha value is -1.33. The van der Waals surface area contributed by atoms with Gasteiger partial charge in [0.05, 0.1) is 22.6 Å². The first-order valence-corrected chi connectivity index (χ1v) is 6.41. The molecule has 0 saturated carbocycles. The lowest BCUT2D eigenvalue weighted by Gasteiger charge is -1.99. The van der Waals surface area contributed by atoms with Crippen LogP contribution in [0.3, 0.4) is 0 Å². The van der Waals surface area contributed by atoms with E-state index < -0.39 is 0 Å². The summed E-state index contributed by atoms with van der Waals surface area (Å²) in [6.07, 6.45) is 2.74. The quantitative estimate of drug-likeness (QED) is 0.818. The van der Waals surface area contributed by atoms with Gasteiger partial charge in [-0.05, 0) is 19.9 Å². The Labute approximate surface area is 111 Å². The standard InChI is InChI=1S/C12H17ClN4O/c1-3-4-14-6-10-5-11(18-16-10)8-17-9(2)12(13)7-15-17/h5,7,14H,3-4,6,8H2,1-2H3. The van der Waals surface area contributed by atoms with Crippen LogP contribution >= 0.6 is 11.6 Å². The molecule has 0 saturated heterocycles. The van der Waals surface area contributed by atoms with E-state index in [1.54, 1.807) is 10.9 Å². The molecule has 2 aromatic heterocycles. The summed E-state index contributed by atoms with van der Waals surface area (Å²) >= 11 is 5.95. The van der Waals surface area contributed by atoms with Gasteiger partial charge in [0.25, 0.3) is 0 Å². The zero-order valence-electron chi connectivity index (χ0n) is 10.6. The molecule has 0 aliphatic carbocycles. The van der Waals surface area contributed by atoms with Gasteiger partial charge in [0.1, 0.15) is 6.54 Å². The number of nitrogens with zero attached hydrogens (tertiary/aromatic N) is 3. The first kappa shape index (κ1) is 13.1. The van der Waals surface area contributed by atoms with Gasteiger partial charge in [-0.1, -0.05) is 23.7 Å². The van der Waals surface area contributed by atoms with Gasteiger partial charge >= 0.3 is 0 Å². The lowest BCUT2D eigenvalue weighted by atomic mass is 10.3. The molecule has 0 spiro atoms. The van der Waals surface area contributed by atoms with Gasteiger partial charge in [-0.15, -0.1) is 0 Å². The van der Waals surface area contributed by atoms with Crippen LogP contribution in [-0.2, 0) is 13.1 Å². The summed E-state index contributed by atoms with van der Waals surface area (Å²) in [5, 5.41) is 12.1. The Morgan fingerprint density at radius 2 is 2.33 bits per heavy atom. The second-order valence-corrected chi connectivity index (χ2v) is 4.60. The molecule has 6 heteroatoms. The number of hydrogen-bond donors (Lipinski definition) is 1. The van der Waals surface area contributed by atoms with Crippen LogP contribution in [0.2, 0.25) is 5.02 Å². The predicted molar refractivity (Wildman–Crippen MR) is 69.6 cm³/mol. The van der Waals surface area contributed by atoms with Crippen molar-refractivity contribution in [3.8, 4) is 0 Å². The Morgan fingerprint density at radius 1 is 1.50 bits per heavy atom. The highest BCUT2D eigenvalue weighted by Crippen LogP contribution is 2.15. The van der Waals surface area contributed by atoms with E-state index in [1.807, 2.05) is 13.0 Å². The second-order valence-electron chi connectivity index (χ2n) is 4.20. The highest BCUT2D eigenvalue weighted by molar-refractivity contribution is 6.31. The van der Waals surface area contributed by atoms with Gasteiger partial charge in [-0.2, -0.15) is 5.10 Å². The molecule has 0 aromatic carbocycles. The van der Waals surface area contributed by atoms with Crippen LogP contribution in [0.5, 0.6) is 0 Å². The fourth-order valence-electron chi connectivity index (χ4n) is 1.64. The summed E-state index contributed by atoms with van der Waals surface area (Å²) in [6, 6.07) is 1.94. The Balaban J connectivity index is 1.96. The van der Waals surface area contributed by atoms with Gasteiger partial charge < -0.3 is 9.84 Å². The molecule has 0 atom stereocenters. The molecule has 0 amide bonds. The van der Waals surface area contributed by atoms with E-state index in [9.17, 15) is 0 Å². The number of rotatable bonds is 6. The maximum Gasteiger partial charge on any atom is 0.158 e. The van der Waals surface area contributed by atoms with E-state index in [0.29, 0.717) is 11.6 Å². The van der Waals surface area contributed by atoms with Gasteiger partial charge in [0.15, 0.2) is 5.76 Å². The smallest absolute Gasteiger partial charge is 0.158 e. The molecule has 98 valence electrons. The van der Waals surface area contributed by atoms with Crippen molar-refractivity contribution in [2.24, 2.45) is 0 Å². The summed E-state index contributed by atoms with van der Waals surface area (Å²) in [4.78, 5) is 0. The Bertz CT molecular complexity index is 506. The first-order chi connectivity index (χ1) is 8.70. The SMILES string of the molecule is CCCNCc1cc(Cn2ncc(Cl)c2C)on1. The minimum absolute atomic E-state index is 0.555. The van der Waals surface area contributed by atoms with Gasteiger partial charge in [-0.25, -0.2) is 0 Å². The third-order valence-electron chi connectivity index (χ3n) is 2.69. The first-order valence-electron chi connectivity index (χ1n) is 6.03. The zero-order chi connectivity index (χ0) is 13.0. The van der Waals surface area contributed by atoms with Crippen molar-refractivity contribution in [2.75, 3.05) is 6.54 Å². The summed E-state index contributed by atoms with van der Waals surface area (Å²) < 4.78 is 7.07. The van der Waals surface area contributed by atoms with Gasteiger partial charge in [-0.3, -0.25) is 4.68 Å². The van der Waals surface area contributed by atoms with Crippen molar-refractivity contribution >= 4 is 11.6 Å². The van der Waals surface area contributed by atoms with Crippen molar-refractivity contribution in [1.29, 1.82) is 0 Å². The molecule has 0 radical (unpaired) electrons. The van der Waals surface area contributed by atoms with Crippen LogP contribution in [0.25, 0.3) is 0 Å². The highest BCUT2D eigenvalue weighted by Gasteiger charge is 2.08. The summed E-state index contributed by atoms with van der Waals surface area (Å²) in [5.74, 6) is 0.783. The predicted octanol–water partition coefficient (Wildman–Crippen LogP) is 2.38. The molecule has 0 fully saturated rings. The van der Waals surface area contributed by atoms with Crippen molar-refractivity contribution in [1.82, 2.24) is 20.3 Å². The average molecular weight is 269 g/mol. The number of aromatic nitrogens is 3. The molecule has 2 heterocycles. The fraction of sp³-hybridized carbons (Fsp3) is 0.500. The van der Waals surface area contributed by atoms with Crippen LogP contribution in [0, 0.1) is 6.92 Å². The molecule has 18 heavy (non-hydrogen) atoms. The van der Waals surface area contributed by atoms with E-state index in [2.05, 4.69) is 22.5 Å². The molecule has 2 aromatic rings. The average Bonchev–Trinajstić information content (AvgIpc) is 2.92. The maximum absolute atomic E-state index is 5.95. The molecule has 2 rings (SSSR count). The third kappa shape index (κ3) is 3.11. The van der Waals surface area contributed by atoms with Crippen LogP contribution in [0.15, 0.2) is 16.8 Å². The minimum atomic E-state index is 0.555. The number of nitrogens with one attached hydrogen (secondary N) is 1. The molecule has 5 nitrogen and oxygen atoms in total. The normalized spacial score (nSPS) is 11.1. The lowest BCUT2D eigenvalue weighted by molar-refractivity contribution is 0.363. The molecule has 1 N–H and O–H groups in total. The molecular weight excluding hydrogens is 252 g/mol. The van der Waals surface area contributed by atoms with Gasteiger partial charge in [0.2, 0.25) is 0 Å². The Morgan fingerprint density at radius 3 is 3.00 bits per heavy atom. The van der Waals surface area contributed by atoms with Gasteiger partial charge in [0, 0.05) is 12.6 Å². The van der Waals surface area contributed by atoms with Crippen LogP contribution in [0.4, 0.5) is 0 Å². The van der Waals surface area contributed by atoms with Crippen LogP contribution in [-0.4, -0.2) is 21.5 Å². The van der Waals surface area contributed by atoms with E-state index >= 15 is 0 Å². The van der Waals surface area contributed by atoms with Crippen LogP contribution in [0.1, 0.15) is 30.5 Å². The fourth-order valence-corrected chi connectivity index (χ4v) is 1.78. The van der Waals surface area contributed by atoms with Crippen molar-refractivity contribution < 1.29 is 4.52 Å². The molecular formula is C12H17ClN4O. The largest absolute Gasteiger partial charge is 0.359 e. The highest BCUT2D eigenvalue weighted by atomic mass is 35.5. The van der Waals surface area contributed by atoms with Crippen molar-refractivity contribution in [3.63, 3.8) is 0 Å². The summed E-state index contributed by atoms with van der Waals surface area (Å²) in [6.45, 7) is 6.33. The molecule has 0 aliphatic rings. The maximum atomic E-state index is 5.95. The van der Waals surface area contributed by atoms with Crippen molar-refractivity contribution in [2.45, 2.75) is 33.4 Å². The van der Waals surface area contributed by atoms with E-state index in [-0.39, 0.29) is 0 Å². The number of hydrogen-bond acceptors (Lipinski definition) is 4. The summed E-state index contributed by atoms with van der Waals surface area (Å²) in [7, 11) is 0. The minimum Gasteiger partial charge on any atom is -0.359 e. The molecule has 0 bridgehead atoms. The third-order valence-corrected chi connectivity index (χ3v) is 3.06. The molecule has 0 unspecified atom stereocenters. The monoisotopic (exact) mass is 268 g/mol. The van der Waals surface area contributed by atoms with E-state index in [1.165, 1.54) is 0 Å². The van der Waals surface area contributed by atoms with E-state index in [4.69, 9.17) is 16.1 Å². The van der Waals surface area contributed by atoms with E-state index in [0.717, 1.165) is 36.7 Å². The molecule has 0 aliphatic heterocycles. The second kappa shape index (κ2) is 6.02. The number of halogens is 1. The summed E-state index contributed by atoms with van der Waals surface area (Å²) in [5.41, 5.74) is 1.84. The zero-order valence-corrected chi connectivity index (χ0v) is 11.4. The lowest BCUT2D eigenvalue weighted by Crippen LogP contribution is -2.13. The van der Waals surface area contributed by atoms with Crippen molar-refractivity contribution in [3.05, 3.63) is 34.4 Å².